The molecule has 0 aliphatic rings. The van der Waals surface area contributed by atoms with Gasteiger partial charge >= 0.3 is 17.9 Å². The maximum Gasteiger partial charge on any atom is 0.326 e. The van der Waals surface area contributed by atoms with E-state index < -0.39 is 101 Å². The Hall–Kier alpha value is -6.04. The molecule has 1 aromatic rings. The molecule has 0 bridgehead atoms. The van der Waals surface area contributed by atoms with Gasteiger partial charge in [-0.05, 0) is 57.8 Å². The molecular formula is C54H93N9O19S. The molecule has 0 radical (unpaired) electrons. The lowest BCUT2D eigenvalue weighted by atomic mass is 9.97. The maximum absolute atomic E-state index is 12.6. The van der Waals surface area contributed by atoms with Gasteiger partial charge in [-0.2, -0.15) is 5.21 Å². The Kier molecular flexibility index (Phi) is 43.7. The number of carboxylic acids is 3. The second-order valence-corrected chi connectivity index (χ2v) is 22.0. The van der Waals surface area contributed by atoms with Crippen LogP contribution in [-0.2, 0) is 83.3 Å². The highest BCUT2D eigenvalue weighted by atomic mass is 32.2. The third-order valence-corrected chi connectivity index (χ3v) is 14.3. The highest BCUT2D eigenvalue weighted by molar-refractivity contribution is 7.90. The monoisotopic (exact) mass is 1200 g/mol. The van der Waals surface area contributed by atoms with E-state index in [0.29, 0.717) is 38.6 Å². The molecule has 474 valence electrons. The minimum atomic E-state index is -3.88. The van der Waals surface area contributed by atoms with Crippen LogP contribution in [0, 0.1) is 5.92 Å². The predicted molar refractivity (Wildman–Crippen MR) is 300 cm³/mol. The molecule has 5 amide bonds. The van der Waals surface area contributed by atoms with E-state index in [1.165, 1.54) is 44.9 Å². The Morgan fingerprint density at radius 3 is 1.67 bits per heavy atom. The van der Waals surface area contributed by atoms with Gasteiger partial charge in [-0.25, -0.2) is 18.0 Å². The summed E-state index contributed by atoms with van der Waals surface area (Å²) in [5.41, 5.74) is 0. The number of amides is 5. The number of carboxylic acid groups (broad SMARTS) is 3. The second kappa shape index (κ2) is 48.3. The Labute approximate surface area is 487 Å². The first-order chi connectivity index (χ1) is 39.8. The SMILES string of the molecule is CCC(=O)NCCCCC(NC(=O)COCCOCCCC(=O)CCC(NC(=O)CCC(CC(=O)COCCOCCNC(=O)CCCS(=O)(=O)NC(=O)CCCCCCCCCCCCCCCc1nn[nH]n1)C(=O)O)C(=O)O)C(=O)O. The Morgan fingerprint density at radius 1 is 0.494 bits per heavy atom. The molecule has 28 nitrogen and oxygen atoms in total. The fourth-order valence-electron chi connectivity index (χ4n) is 8.24. The molecule has 0 aromatic carbocycles. The molecule has 0 saturated carbocycles. The van der Waals surface area contributed by atoms with Crippen molar-refractivity contribution in [2.45, 2.75) is 199 Å². The smallest absolute Gasteiger partial charge is 0.326 e. The molecule has 9 N–H and O–H groups in total. The van der Waals surface area contributed by atoms with Gasteiger partial charge in [0.2, 0.25) is 39.6 Å². The zero-order valence-electron chi connectivity index (χ0n) is 48.4. The summed E-state index contributed by atoms with van der Waals surface area (Å²) >= 11 is 0. The molecule has 0 saturated heterocycles. The van der Waals surface area contributed by atoms with Gasteiger partial charge in [-0.15, -0.1) is 10.2 Å². The lowest BCUT2D eigenvalue weighted by Gasteiger charge is -2.16. The van der Waals surface area contributed by atoms with Crippen LogP contribution >= 0.6 is 0 Å². The first-order valence-corrected chi connectivity index (χ1v) is 30.9. The van der Waals surface area contributed by atoms with Gasteiger partial charge in [-0.1, -0.05) is 82.8 Å². The topological polar surface area (TPSA) is 417 Å². The number of aliphatic carboxylic acids is 3. The number of nitrogens with one attached hydrogen (secondary N) is 6. The molecule has 0 aliphatic carbocycles. The van der Waals surface area contributed by atoms with Crippen molar-refractivity contribution in [1.29, 1.82) is 0 Å². The number of ether oxygens (including phenoxy) is 4. The summed E-state index contributed by atoms with van der Waals surface area (Å²) in [4.78, 5) is 120. The number of hydrogen-bond donors (Lipinski definition) is 9. The van der Waals surface area contributed by atoms with Crippen LogP contribution < -0.4 is 26.0 Å². The molecule has 1 heterocycles. The number of rotatable bonds is 57. The summed E-state index contributed by atoms with van der Waals surface area (Å²) in [6, 6.07) is -2.53. The Morgan fingerprint density at radius 2 is 1.06 bits per heavy atom. The van der Waals surface area contributed by atoms with Gasteiger partial charge in [0.25, 0.3) is 0 Å². The number of aromatic amines is 1. The minimum Gasteiger partial charge on any atom is -0.481 e. The number of carbonyl (C=O) groups is 10. The Bertz CT molecular complexity index is 2150. The number of aryl methyl sites for hydroxylation is 1. The van der Waals surface area contributed by atoms with Gasteiger partial charge in [0.15, 0.2) is 11.6 Å². The number of tetrazole rings is 1. The molecule has 29 heteroatoms. The van der Waals surface area contributed by atoms with Crippen LogP contribution in [-0.4, -0.2) is 187 Å². The van der Waals surface area contributed by atoms with E-state index in [4.69, 9.17) is 18.9 Å². The average Bonchev–Trinajstić information content (AvgIpc) is 3.97. The molecule has 0 aliphatic heterocycles. The molecule has 1 rings (SSSR count). The van der Waals surface area contributed by atoms with Crippen molar-refractivity contribution in [2.75, 3.05) is 71.7 Å². The highest BCUT2D eigenvalue weighted by Gasteiger charge is 2.26. The van der Waals surface area contributed by atoms with Gasteiger partial charge in [-0.3, -0.25) is 43.1 Å². The molecular weight excluding hydrogens is 1110 g/mol. The molecule has 83 heavy (non-hydrogen) atoms. The van der Waals surface area contributed by atoms with Crippen molar-refractivity contribution in [1.82, 2.24) is 46.6 Å². The molecule has 1 aromatic heterocycles. The Balaban J connectivity index is 2.09. The normalized spacial score (nSPS) is 12.4. The van der Waals surface area contributed by atoms with Gasteiger partial charge in [0.05, 0.1) is 44.7 Å². The van der Waals surface area contributed by atoms with Crippen molar-refractivity contribution in [3.63, 3.8) is 0 Å². The fourth-order valence-corrected chi connectivity index (χ4v) is 9.31. The van der Waals surface area contributed by atoms with Crippen molar-refractivity contribution in [3.8, 4) is 0 Å². The largest absolute Gasteiger partial charge is 0.481 e. The fraction of sp³-hybridized carbons (Fsp3) is 0.796. The third-order valence-electron chi connectivity index (χ3n) is 12.9. The zero-order valence-corrected chi connectivity index (χ0v) is 49.2. The van der Waals surface area contributed by atoms with Crippen LogP contribution in [0.15, 0.2) is 0 Å². The van der Waals surface area contributed by atoms with E-state index >= 15 is 0 Å². The molecule has 3 unspecified atom stereocenters. The van der Waals surface area contributed by atoms with Crippen molar-refractivity contribution in [2.24, 2.45) is 5.92 Å². The van der Waals surface area contributed by atoms with Crippen LogP contribution in [0.2, 0.25) is 0 Å². The van der Waals surface area contributed by atoms with E-state index in [2.05, 4.69) is 46.6 Å². The van der Waals surface area contributed by atoms with Crippen LogP contribution in [0.4, 0.5) is 0 Å². The lowest BCUT2D eigenvalue weighted by molar-refractivity contribution is -0.145. The summed E-state index contributed by atoms with van der Waals surface area (Å²) in [5, 5.41) is 52.6. The van der Waals surface area contributed by atoms with E-state index in [1.54, 1.807) is 6.92 Å². The van der Waals surface area contributed by atoms with E-state index in [-0.39, 0.29) is 115 Å². The predicted octanol–water partition coefficient (Wildman–Crippen LogP) is 3.02. The number of H-pyrrole nitrogens is 1. The van der Waals surface area contributed by atoms with Gasteiger partial charge in [0.1, 0.15) is 31.1 Å². The summed E-state index contributed by atoms with van der Waals surface area (Å²) < 4.78 is 48.0. The number of sulfonamides is 1. The second-order valence-electron chi connectivity index (χ2n) is 20.2. The zero-order chi connectivity index (χ0) is 61.4. The first-order valence-electron chi connectivity index (χ1n) is 29.2. The summed E-state index contributed by atoms with van der Waals surface area (Å²) in [6.07, 6.45) is 15.5. The van der Waals surface area contributed by atoms with Crippen molar-refractivity contribution >= 4 is 69.0 Å². The highest BCUT2D eigenvalue weighted by Crippen LogP contribution is 2.16. The quantitative estimate of drug-likeness (QED) is 0.0423. The number of nitrogens with zero attached hydrogens (tertiary/aromatic N) is 3. The van der Waals surface area contributed by atoms with E-state index in [9.17, 15) is 71.7 Å². The van der Waals surface area contributed by atoms with Gasteiger partial charge in [0, 0.05) is 71.1 Å². The van der Waals surface area contributed by atoms with E-state index in [1.807, 2.05) is 0 Å². The number of hydrogen-bond acceptors (Lipinski definition) is 19. The van der Waals surface area contributed by atoms with Crippen LogP contribution in [0.25, 0.3) is 0 Å². The minimum absolute atomic E-state index is 0.00727. The number of carbonyl (C=O) groups excluding carboxylic acids is 7. The maximum atomic E-state index is 12.6. The standard InChI is InChI=1S/C54H93N9O19S/c1-2-47(66)55-29-17-16-21-44(53(73)74)58-51(70)40-82-36-33-79-31-18-20-42(64)26-27-45(54(75)76)57-49(68)28-25-41(52(71)72)38-43(65)39-81-35-34-80-32-30-56-48(67)24-19-37-83(77,78)61-50(69)23-15-13-11-9-7-5-3-4-6-8-10-12-14-22-46-59-62-63-60-46/h41,44-45H,2-40H2,1H3,(H,55,66)(H,56,67)(H,57,68)(H,58,70)(H,61,69)(H,71,72)(H,73,74)(H,75,76)(H,59,60,62,63). The average molecular weight is 1200 g/mol. The van der Waals surface area contributed by atoms with Crippen LogP contribution in [0.1, 0.15) is 186 Å². The third kappa shape index (κ3) is 44.2. The molecule has 0 fully saturated rings. The number of Topliss-reactive ketones (excluding diaryl/α,β-unsaturated/α-hetero) is 2. The lowest BCUT2D eigenvalue weighted by Crippen LogP contribution is -2.42. The van der Waals surface area contributed by atoms with Crippen molar-refractivity contribution in [3.05, 3.63) is 5.82 Å². The summed E-state index contributed by atoms with van der Waals surface area (Å²) in [5.74, 6) is -8.12. The molecule has 0 spiro atoms. The number of unbranched alkanes of at least 4 members (excludes halogenated alkanes) is 13. The van der Waals surface area contributed by atoms with Crippen molar-refractivity contribution < 1.29 is 90.6 Å². The van der Waals surface area contributed by atoms with Crippen LogP contribution in [0.5, 0.6) is 0 Å². The number of aromatic nitrogens is 4. The summed E-state index contributed by atoms with van der Waals surface area (Å²) in [7, 11) is -3.88. The van der Waals surface area contributed by atoms with Gasteiger partial charge < -0.3 is 55.5 Å². The summed E-state index contributed by atoms with van der Waals surface area (Å²) in [6.45, 7) is 1.75. The first kappa shape index (κ1) is 75.0. The number of ketones is 2. The van der Waals surface area contributed by atoms with E-state index in [0.717, 1.165) is 44.3 Å². The molecule has 3 atom stereocenters. The van der Waals surface area contributed by atoms with Crippen LogP contribution in [0.3, 0.4) is 0 Å².